The van der Waals surface area contributed by atoms with Gasteiger partial charge in [-0.1, -0.05) is 12.2 Å². The molecule has 0 aromatic heterocycles. The minimum Gasteiger partial charge on any atom is -0.198 e. The molecule has 3 saturated carbocycles. The lowest BCUT2D eigenvalue weighted by molar-refractivity contribution is 0.229. The summed E-state index contributed by atoms with van der Waals surface area (Å²) in [7, 11) is 0. The van der Waals surface area contributed by atoms with E-state index in [0.717, 1.165) is 6.42 Å². The summed E-state index contributed by atoms with van der Waals surface area (Å²) in [6.07, 6.45) is 2.37. The highest BCUT2D eigenvalue weighted by molar-refractivity contribution is 5.24. The first-order chi connectivity index (χ1) is 4.33. The van der Waals surface area contributed by atoms with Gasteiger partial charge in [-0.2, -0.15) is 5.26 Å². The van der Waals surface area contributed by atoms with Crippen molar-refractivity contribution in [2.75, 3.05) is 0 Å². The molecule has 0 saturated heterocycles. The Hall–Kier alpha value is -0.770. The molecule has 2 bridgehead atoms. The number of nitriles is 1. The molecule has 0 spiro atoms. The van der Waals surface area contributed by atoms with E-state index >= 15 is 0 Å². The average Bonchev–Trinajstić information content (AvgIpc) is 2.22. The molecule has 0 heterocycles. The van der Waals surface area contributed by atoms with Gasteiger partial charge in [-0.15, -0.1) is 0 Å². The van der Waals surface area contributed by atoms with Crippen LogP contribution in [-0.4, -0.2) is 0 Å². The number of hydrogen-bond donors (Lipinski definition) is 0. The van der Waals surface area contributed by atoms with Crippen LogP contribution in [0.4, 0.5) is 0 Å². The fourth-order valence-electron chi connectivity index (χ4n) is 2.07. The lowest BCUT2D eigenvalue weighted by Crippen LogP contribution is -2.26. The molecule has 0 aliphatic heterocycles. The van der Waals surface area contributed by atoms with E-state index in [1.807, 2.05) is 0 Å². The number of nitrogens with zero attached hydrogens (tertiary/aromatic N) is 1. The molecule has 46 valence electrons. The van der Waals surface area contributed by atoms with Crippen molar-refractivity contribution in [1.82, 2.24) is 0 Å². The Bertz CT molecular complexity index is 199. The van der Waals surface area contributed by atoms with E-state index in [4.69, 9.17) is 5.26 Å². The monoisotopic (exact) mass is 119 g/mol. The van der Waals surface area contributed by atoms with E-state index in [2.05, 4.69) is 12.6 Å². The van der Waals surface area contributed by atoms with Gasteiger partial charge in [0.1, 0.15) is 0 Å². The molecule has 3 aliphatic rings. The van der Waals surface area contributed by atoms with Gasteiger partial charge < -0.3 is 0 Å². The van der Waals surface area contributed by atoms with Crippen molar-refractivity contribution in [3.05, 3.63) is 12.2 Å². The van der Waals surface area contributed by atoms with Crippen molar-refractivity contribution in [1.29, 1.82) is 5.26 Å². The molecule has 0 amide bonds. The Balaban J connectivity index is 2.24. The summed E-state index contributed by atoms with van der Waals surface area (Å²) in [4.78, 5) is 0. The third-order valence-corrected chi connectivity index (χ3v) is 2.70. The van der Waals surface area contributed by atoms with Crippen LogP contribution in [0, 0.1) is 29.1 Å². The molecule has 3 atom stereocenters. The summed E-state index contributed by atoms with van der Waals surface area (Å²) in [5, 5.41) is 8.59. The van der Waals surface area contributed by atoms with E-state index in [1.165, 1.54) is 12.0 Å². The molecular weight excluding hydrogens is 110 g/mol. The molecule has 1 heteroatoms. The molecule has 0 unspecified atom stereocenters. The van der Waals surface area contributed by atoms with Gasteiger partial charge in [-0.05, 0) is 24.7 Å². The maximum Gasteiger partial charge on any atom is 0.0665 e. The second-order valence-corrected chi connectivity index (χ2v) is 3.12. The van der Waals surface area contributed by atoms with Crippen molar-refractivity contribution in [2.24, 2.45) is 17.8 Å². The Morgan fingerprint density at radius 3 is 2.67 bits per heavy atom. The largest absolute Gasteiger partial charge is 0.198 e. The van der Waals surface area contributed by atoms with Crippen LogP contribution in [0.15, 0.2) is 12.2 Å². The molecule has 0 N–H and O–H groups in total. The molecule has 3 rings (SSSR count). The molecule has 0 aromatic rings. The zero-order valence-electron chi connectivity index (χ0n) is 5.30. The van der Waals surface area contributed by atoms with Crippen LogP contribution in [0.5, 0.6) is 0 Å². The number of fused-ring (bicyclic) bond motifs is 1. The highest BCUT2D eigenvalue weighted by Gasteiger charge is 2.49. The van der Waals surface area contributed by atoms with Crippen LogP contribution in [-0.2, 0) is 0 Å². The molecule has 3 fully saturated rings. The van der Waals surface area contributed by atoms with Crippen LogP contribution in [0.3, 0.4) is 0 Å². The number of allylic oxidation sites excluding steroid dienone is 1. The lowest BCUT2D eigenvalue weighted by atomic mass is 9.73. The summed E-state index contributed by atoms with van der Waals surface area (Å²) in [6, 6.07) is 2.33. The second kappa shape index (κ2) is 1.39. The van der Waals surface area contributed by atoms with Gasteiger partial charge in [0.05, 0.1) is 12.0 Å². The van der Waals surface area contributed by atoms with Crippen molar-refractivity contribution < 1.29 is 0 Å². The Kier molecular flexibility index (Phi) is 0.778. The Labute approximate surface area is 55.0 Å². The van der Waals surface area contributed by atoms with E-state index in [1.54, 1.807) is 0 Å². The van der Waals surface area contributed by atoms with E-state index < -0.39 is 0 Å². The highest BCUT2D eigenvalue weighted by atomic mass is 14.5. The lowest BCUT2D eigenvalue weighted by Gasteiger charge is -2.28. The van der Waals surface area contributed by atoms with Crippen molar-refractivity contribution in [3.63, 3.8) is 0 Å². The van der Waals surface area contributed by atoms with Gasteiger partial charge in [0.15, 0.2) is 0 Å². The average molecular weight is 119 g/mol. The zero-order valence-corrected chi connectivity index (χ0v) is 5.30. The second-order valence-electron chi connectivity index (χ2n) is 3.12. The first-order valence-electron chi connectivity index (χ1n) is 3.40. The smallest absolute Gasteiger partial charge is 0.0665 e. The summed E-state index contributed by atoms with van der Waals surface area (Å²) >= 11 is 0. The van der Waals surface area contributed by atoms with Gasteiger partial charge in [-0.25, -0.2) is 0 Å². The summed E-state index contributed by atoms with van der Waals surface area (Å²) in [5.41, 5.74) is 1.33. The predicted molar refractivity (Wildman–Crippen MR) is 34.5 cm³/mol. The SMILES string of the molecule is C=C1C[C@H]2C[C@@H]1[C@@H]2C#N. The predicted octanol–water partition coefficient (Wildman–Crippen LogP) is 1.72. The fraction of sp³-hybridized carbons (Fsp3) is 0.625. The van der Waals surface area contributed by atoms with Gasteiger partial charge in [0.25, 0.3) is 0 Å². The Morgan fingerprint density at radius 1 is 1.67 bits per heavy atom. The number of hydrogen-bond acceptors (Lipinski definition) is 1. The topological polar surface area (TPSA) is 23.8 Å². The van der Waals surface area contributed by atoms with E-state index in [0.29, 0.717) is 17.8 Å². The Morgan fingerprint density at radius 2 is 2.44 bits per heavy atom. The molecule has 3 aliphatic carbocycles. The molecule has 9 heavy (non-hydrogen) atoms. The van der Waals surface area contributed by atoms with E-state index in [9.17, 15) is 0 Å². The minimum atomic E-state index is 0.345. The van der Waals surface area contributed by atoms with Gasteiger partial charge >= 0.3 is 0 Å². The maximum absolute atomic E-state index is 8.59. The van der Waals surface area contributed by atoms with Crippen LogP contribution in [0.25, 0.3) is 0 Å². The molecule has 1 nitrogen and oxygen atoms in total. The van der Waals surface area contributed by atoms with Crippen molar-refractivity contribution in [3.8, 4) is 6.07 Å². The molecule has 0 radical (unpaired) electrons. The quantitative estimate of drug-likeness (QED) is 0.445. The van der Waals surface area contributed by atoms with Crippen molar-refractivity contribution in [2.45, 2.75) is 12.8 Å². The minimum absolute atomic E-state index is 0.345. The van der Waals surface area contributed by atoms with Gasteiger partial charge in [0, 0.05) is 0 Å². The number of rotatable bonds is 0. The van der Waals surface area contributed by atoms with Gasteiger partial charge in [0.2, 0.25) is 0 Å². The molecular formula is C8H9N. The van der Waals surface area contributed by atoms with Gasteiger partial charge in [-0.3, -0.25) is 0 Å². The third-order valence-electron chi connectivity index (χ3n) is 2.70. The standard InChI is InChI=1S/C8H9N/c1-5-2-6-3-7(5)8(6)4-9/h6-8H,1-3H2/t6-,7-,8+/m0/s1. The normalized spacial score (nSPS) is 46.1. The summed E-state index contributed by atoms with van der Waals surface area (Å²) in [6.45, 7) is 3.92. The van der Waals surface area contributed by atoms with Crippen LogP contribution >= 0.6 is 0 Å². The van der Waals surface area contributed by atoms with Crippen molar-refractivity contribution >= 4 is 0 Å². The van der Waals surface area contributed by atoms with Crippen LogP contribution in [0.2, 0.25) is 0 Å². The molecule has 0 aromatic carbocycles. The van der Waals surface area contributed by atoms with E-state index in [-0.39, 0.29) is 0 Å². The maximum atomic E-state index is 8.59. The first-order valence-corrected chi connectivity index (χ1v) is 3.40. The first kappa shape index (κ1) is 5.05. The van der Waals surface area contributed by atoms with Crippen LogP contribution < -0.4 is 0 Å². The zero-order chi connectivity index (χ0) is 6.43. The fourth-order valence-corrected chi connectivity index (χ4v) is 2.07. The van der Waals surface area contributed by atoms with Crippen LogP contribution in [0.1, 0.15) is 12.8 Å². The third kappa shape index (κ3) is 0.439. The highest BCUT2D eigenvalue weighted by Crippen LogP contribution is 2.55. The summed E-state index contributed by atoms with van der Waals surface area (Å²) < 4.78 is 0. The summed E-state index contributed by atoms with van der Waals surface area (Å²) in [5.74, 6) is 1.62.